The number of carboxylic acid groups (broad SMARTS) is 1. The molecule has 96 valence electrons. The lowest BCUT2D eigenvalue weighted by Crippen LogP contribution is -2.54. The van der Waals surface area contributed by atoms with E-state index in [1.807, 2.05) is 0 Å². The van der Waals surface area contributed by atoms with E-state index in [0.717, 1.165) is 11.3 Å². The highest BCUT2D eigenvalue weighted by Gasteiger charge is 2.35. The predicted molar refractivity (Wildman–Crippen MR) is 59.0 cm³/mol. The van der Waals surface area contributed by atoms with E-state index in [1.165, 1.54) is 6.92 Å². The number of nitrogens with two attached hydrogens (primary N) is 1. The maximum atomic E-state index is 12.0. The molecule has 1 heterocycles. The fourth-order valence-corrected chi connectivity index (χ4v) is 1.80. The average molecular weight is 243 g/mol. The van der Waals surface area contributed by atoms with E-state index in [0.29, 0.717) is 13.0 Å². The first-order valence-electron chi connectivity index (χ1n) is 5.51. The summed E-state index contributed by atoms with van der Waals surface area (Å²) in [5.74, 6) is -2.40. The molecule has 4 N–H and O–H groups in total. The first kappa shape index (κ1) is 13.6. The molecule has 2 atom stereocenters. The number of imide groups is 1. The average Bonchev–Trinajstić information content (AvgIpc) is 2.81. The molecule has 7 nitrogen and oxygen atoms in total. The van der Waals surface area contributed by atoms with Gasteiger partial charge in [0.25, 0.3) is 0 Å². The minimum absolute atomic E-state index is 0.379. The smallest absolute Gasteiger partial charge is 0.326 e. The number of aliphatic carboxylic acids is 1. The molecule has 0 aromatic rings. The van der Waals surface area contributed by atoms with Crippen LogP contribution >= 0.6 is 0 Å². The Morgan fingerprint density at radius 2 is 2.18 bits per heavy atom. The van der Waals surface area contributed by atoms with Crippen LogP contribution in [-0.4, -0.2) is 53.0 Å². The zero-order valence-corrected chi connectivity index (χ0v) is 9.68. The molecule has 0 aliphatic carbocycles. The lowest BCUT2D eigenvalue weighted by molar-refractivity contribution is -0.157. The minimum atomic E-state index is -1.22. The second-order valence-electron chi connectivity index (χ2n) is 3.97. The Morgan fingerprint density at radius 1 is 1.53 bits per heavy atom. The third-order valence-electron chi connectivity index (χ3n) is 2.78. The topological polar surface area (TPSA) is 113 Å². The van der Waals surface area contributed by atoms with E-state index in [2.05, 4.69) is 5.32 Å². The van der Waals surface area contributed by atoms with Crippen LogP contribution in [0, 0.1) is 0 Å². The summed E-state index contributed by atoms with van der Waals surface area (Å²) < 4.78 is 0. The Labute approximate surface area is 98.9 Å². The van der Waals surface area contributed by atoms with Gasteiger partial charge in [-0.3, -0.25) is 14.5 Å². The van der Waals surface area contributed by atoms with Gasteiger partial charge < -0.3 is 16.2 Å². The molecule has 0 saturated carbocycles. The van der Waals surface area contributed by atoms with Crippen LogP contribution in [-0.2, 0) is 14.4 Å². The molecule has 7 heteroatoms. The van der Waals surface area contributed by atoms with E-state index in [-0.39, 0.29) is 6.54 Å². The summed E-state index contributed by atoms with van der Waals surface area (Å²) in [6.45, 7) is 1.61. The van der Waals surface area contributed by atoms with Crippen LogP contribution in [0.5, 0.6) is 0 Å². The van der Waals surface area contributed by atoms with Crippen molar-refractivity contribution in [3.63, 3.8) is 0 Å². The Kier molecular flexibility index (Phi) is 4.59. The van der Waals surface area contributed by atoms with Crippen molar-refractivity contribution in [3.05, 3.63) is 0 Å². The van der Waals surface area contributed by atoms with Gasteiger partial charge in [0.15, 0.2) is 0 Å². The highest BCUT2D eigenvalue weighted by atomic mass is 16.4. The number of hydrogen-bond donors (Lipinski definition) is 3. The Morgan fingerprint density at radius 3 is 2.59 bits per heavy atom. The van der Waals surface area contributed by atoms with Gasteiger partial charge in [-0.15, -0.1) is 0 Å². The minimum Gasteiger partial charge on any atom is -0.480 e. The van der Waals surface area contributed by atoms with Gasteiger partial charge in [0.05, 0.1) is 12.6 Å². The molecule has 1 aliphatic rings. The molecule has 0 bridgehead atoms. The van der Waals surface area contributed by atoms with Gasteiger partial charge in [-0.25, -0.2) is 4.79 Å². The summed E-state index contributed by atoms with van der Waals surface area (Å²) in [7, 11) is 0. The maximum absolute atomic E-state index is 12.0. The van der Waals surface area contributed by atoms with Gasteiger partial charge in [-0.05, 0) is 26.3 Å². The molecule has 2 amide bonds. The van der Waals surface area contributed by atoms with Crippen LogP contribution in [0.15, 0.2) is 0 Å². The summed E-state index contributed by atoms with van der Waals surface area (Å²) in [4.78, 5) is 35.2. The van der Waals surface area contributed by atoms with Crippen LogP contribution in [0.1, 0.15) is 19.8 Å². The number of amides is 2. The van der Waals surface area contributed by atoms with E-state index < -0.39 is 29.9 Å². The van der Waals surface area contributed by atoms with Gasteiger partial charge in [0.1, 0.15) is 6.04 Å². The maximum Gasteiger partial charge on any atom is 0.326 e. The third-order valence-corrected chi connectivity index (χ3v) is 2.78. The summed E-state index contributed by atoms with van der Waals surface area (Å²) >= 11 is 0. The quantitative estimate of drug-likeness (QED) is 0.555. The highest BCUT2D eigenvalue weighted by Crippen LogP contribution is 2.11. The lowest BCUT2D eigenvalue weighted by Gasteiger charge is -2.26. The molecule has 0 spiro atoms. The summed E-state index contributed by atoms with van der Waals surface area (Å²) in [5.41, 5.74) is 5.19. The normalized spacial score (nSPS) is 20.9. The van der Waals surface area contributed by atoms with Crippen molar-refractivity contribution < 1.29 is 19.5 Å². The predicted octanol–water partition coefficient (Wildman–Crippen LogP) is -1.47. The summed E-state index contributed by atoms with van der Waals surface area (Å²) in [6, 6.07) is -1.67. The number of carboxylic acids is 1. The first-order valence-corrected chi connectivity index (χ1v) is 5.51. The molecule has 17 heavy (non-hydrogen) atoms. The lowest BCUT2D eigenvalue weighted by atomic mass is 10.1. The fraction of sp³-hybridized carbons (Fsp3) is 0.700. The van der Waals surface area contributed by atoms with Crippen molar-refractivity contribution in [2.45, 2.75) is 31.8 Å². The van der Waals surface area contributed by atoms with Crippen molar-refractivity contribution in [1.82, 2.24) is 10.2 Å². The molecule has 1 saturated heterocycles. The Bertz CT molecular complexity index is 326. The Hall–Kier alpha value is -1.47. The number of nitrogens with one attached hydrogen (secondary N) is 1. The molecule has 1 aliphatic heterocycles. The number of rotatable bonds is 4. The SMILES string of the molecule is CC(C(=O)O)N(C(=O)CN)C(=O)C1CCCN1. The van der Waals surface area contributed by atoms with Crippen molar-refractivity contribution in [3.8, 4) is 0 Å². The largest absolute Gasteiger partial charge is 0.480 e. The summed E-state index contributed by atoms with van der Waals surface area (Å²) in [6.07, 6.45) is 1.45. The first-order chi connectivity index (χ1) is 7.99. The molecule has 1 rings (SSSR count). The fourth-order valence-electron chi connectivity index (χ4n) is 1.80. The van der Waals surface area contributed by atoms with Gasteiger partial charge in [0, 0.05) is 0 Å². The van der Waals surface area contributed by atoms with Crippen LogP contribution < -0.4 is 11.1 Å². The van der Waals surface area contributed by atoms with Crippen LogP contribution in [0.2, 0.25) is 0 Å². The third kappa shape index (κ3) is 3.01. The van der Waals surface area contributed by atoms with Crippen molar-refractivity contribution in [2.24, 2.45) is 5.73 Å². The van der Waals surface area contributed by atoms with Crippen LogP contribution in [0.3, 0.4) is 0 Å². The van der Waals surface area contributed by atoms with Crippen molar-refractivity contribution >= 4 is 17.8 Å². The molecular formula is C10H17N3O4. The summed E-state index contributed by atoms with van der Waals surface area (Å²) in [5, 5.41) is 11.8. The molecular weight excluding hydrogens is 226 g/mol. The zero-order chi connectivity index (χ0) is 13.0. The van der Waals surface area contributed by atoms with Crippen LogP contribution in [0.25, 0.3) is 0 Å². The van der Waals surface area contributed by atoms with Gasteiger partial charge in [-0.1, -0.05) is 0 Å². The molecule has 0 aromatic heterocycles. The number of nitrogens with zero attached hydrogens (tertiary/aromatic N) is 1. The van der Waals surface area contributed by atoms with E-state index in [1.54, 1.807) is 0 Å². The molecule has 0 aromatic carbocycles. The van der Waals surface area contributed by atoms with Crippen molar-refractivity contribution in [2.75, 3.05) is 13.1 Å². The second kappa shape index (κ2) is 5.74. The zero-order valence-electron chi connectivity index (χ0n) is 9.68. The monoisotopic (exact) mass is 243 g/mol. The molecule has 0 radical (unpaired) electrons. The molecule has 1 fully saturated rings. The number of carbonyl (C=O) groups is 3. The van der Waals surface area contributed by atoms with Gasteiger partial charge >= 0.3 is 5.97 Å². The van der Waals surface area contributed by atoms with E-state index in [9.17, 15) is 14.4 Å². The van der Waals surface area contributed by atoms with Gasteiger partial charge in [0.2, 0.25) is 11.8 Å². The Balaban J connectivity index is 2.85. The standard InChI is InChI=1S/C10H17N3O4/c1-6(10(16)17)13(8(14)5-11)9(15)7-3-2-4-12-7/h6-7,12H,2-5,11H2,1H3,(H,16,17). The number of carbonyl (C=O) groups excluding carboxylic acids is 2. The second-order valence-corrected chi connectivity index (χ2v) is 3.97. The van der Waals surface area contributed by atoms with Crippen LogP contribution in [0.4, 0.5) is 0 Å². The van der Waals surface area contributed by atoms with E-state index in [4.69, 9.17) is 10.8 Å². The van der Waals surface area contributed by atoms with Gasteiger partial charge in [-0.2, -0.15) is 0 Å². The highest BCUT2D eigenvalue weighted by molar-refractivity contribution is 6.01. The number of hydrogen-bond acceptors (Lipinski definition) is 5. The van der Waals surface area contributed by atoms with Crippen molar-refractivity contribution in [1.29, 1.82) is 0 Å². The van der Waals surface area contributed by atoms with E-state index >= 15 is 0 Å². The molecule has 2 unspecified atom stereocenters.